The van der Waals surface area contributed by atoms with Crippen molar-refractivity contribution in [1.29, 1.82) is 5.26 Å². The predicted octanol–water partition coefficient (Wildman–Crippen LogP) is 3.86. The summed E-state index contributed by atoms with van der Waals surface area (Å²) in [6.07, 6.45) is 1.61. The molecule has 0 atom stereocenters. The van der Waals surface area contributed by atoms with Crippen molar-refractivity contribution in [3.63, 3.8) is 0 Å². The number of Topliss-reactive ketones (excluding diaryl/α,β-unsaturated/α-hetero) is 1. The molecule has 0 saturated carbocycles. The van der Waals surface area contributed by atoms with Crippen LogP contribution in [0.25, 0.3) is 6.08 Å². The minimum absolute atomic E-state index is 0.0605. The maximum atomic E-state index is 12.3. The number of fused-ring (bicyclic) bond motifs is 1. The van der Waals surface area contributed by atoms with E-state index in [9.17, 15) is 4.79 Å². The Morgan fingerprint density at radius 1 is 1.27 bits per heavy atom. The molecule has 0 N–H and O–H groups in total. The van der Waals surface area contributed by atoms with Gasteiger partial charge in [0.25, 0.3) is 0 Å². The molecule has 0 spiro atoms. The predicted molar refractivity (Wildman–Crippen MR) is 81.9 cm³/mol. The zero-order valence-corrected chi connectivity index (χ0v) is 12.1. The normalized spacial score (nSPS) is 14.4. The molecule has 3 rings (SSSR count). The molecule has 0 amide bonds. The number of halogens is 1. The first-order valence-corrected chi connectivity index (χ1v) is 6.89. The molecule has 0 aromatic heterocycles. The number of hydrogen-bond donors (Lipinski definition) is 0. The zero-order valence-electron chi connectivity index (χ0n) is 11.4. The van der Waals surface area contributed by atoms with Gasteiger partial charge in [-0.1, -0.05) is 29.8 Å². The Labute approximate surface area is 132 Å². The van der Waals surface area contributed by atoms with Gasteiger partial charge in [-0.05, 0) is 29.8 Å². The average Bonchev–Trinajstić information content (AvgIpc) is 2.83. The molecule has 0 bridgehead atoms. The summed E-state index contributed by atoms with van der Waals surface area (Å²) in [6, 6.07) is 13.9. The molecule has 1 heterocycles. The highest BCUT2D eigenvalue weighted by Crippen LogP contribution is 2.35. The Hall–Kier alpha value is -2.77. The number of nitriles is 1. The lowest BCUT2D eigenvalue weighted by Crippen LogP contribution is -1.98. The second-order valence-electron chi connectivity index (χ2n) is 4.57. The molecule has 2 aromatic carbocycles. The molecule has 2 aromatic rings. The number of benzene rings is 2. The highest BCUT2D eigenvalue weighted by Gasteiger charge is 2.27. The number of carbonyl (C=O) groups excluding carboxylic acids is 1. The molecule has 0 unspecified atom stereocenters. The van der Waals surface area contributed by atoms with Gasteiger partial charge in [0.15, 0.2) is 12.4 Å². The molecule has 108 valence electrons. The lowest BCUT2D eigenvalue weighted by Gasteiger charge is -2.03. The number of ketones is 1. The molecule has 1 aliphatic rings. The third-order valence-corrected chi connectivity index (χ3v) is 3.48. The molecular weight excluding hydrogens is 302 g/mol. The van der Waals surface area contributed by atoms with Crippen LogP contribution in [0.1, 0.15) is 15.9 Å². The molecule has 22 heavy (non-hydrogen) atoms. The molecular formula is C17H10ClNO3. The average molecular weight is 312 g/mol. The van der Waals surface area contributed by atoms with Crippen LogP contribution in [0.2, 0.25) is 5.02 Å². The van der Waals surface area contributed by atoms with Crippen LogP contribution < -0.4 is 9.47 Å². The lowest BCUT2D eigenvalue weighted by molar-refractivity contribution is 0.101. The van der Waals surface area contributed by atoms with Gasteiger partial charge in [-0.2, -0.15) is 5.26 Å². The number of ether oxygens (including phenoxy) is 2. The Morgan fingerprint density at radius 2 is 2.09 bits per heavy atom. The maximum absolute atomic E-state index is 12.3. The van der Waals surface area contributed by atoms with Gasteiger partial charge in [0.05, 0.1) is 5.56 Å². The molecule has 4 nitrogen and oxygen atoms in total. The van der Waals surface area contributed by atoms with Crippen LogP contribution in [0.4, 0.5) is 0 Å². The van der Waals surface area contributed by atoms with Crippen molar-refractivity contribution in [3.05, 3.63) is 64.4 Å². The molecule has 5 heteroatoms. The van der Waals surface area contributed by atoms with Crippen molar-refractivity contribution in [2.24, 2.45) is 0 Å². The van der Waals surface area contributed by atoms with Gasteiger partial charge in [0.1, 0.15) is 17.6 Å². The van der Waals surface area contributed by atoms with E-state index in [1.807, 2.05) is 18.2 Å². The van der Waals surface area contributed by atoms with Crippen LogP contribution in [-0.4, -0.2) is 12.4 Å². The summed E-state index contributed by atoms with van der Waals surface area (Å²) in [5.74, 6) is 0.896. The van der Waals surface area contributed by atoms with Crippen molar-refractivity contribution in [2.75, 3.05) is 6.61 Å². The summed E-state index contributed by atoms with van der Waals surface area (Å²) in [5.41, 5.74) is 1.17. The van der Waals surface area contributed by atoms with Crippen molar-refractivity contribution < 1.29 is 14.3 Å². The largest absolute Gasteiger partial charge is 0.479 e. The number of rotatable bonds is 3. The summed E-state index contributed by atoms with van der Waals surface area (Å²) in [4.78, 5) is 12.3. The SMILES string of the molecule is N#CCOc1ccc2c(c1)OC(=Cc1ccccc1Cl)C2=O. The molecule has 0 fully saturated rings. The van der Waals surface area contributed by atoms with E-state index >= 15 is 0 Å². The monoisotopic (exact) mass is 311 g/mol. The number of hydrogen-bond acceptors (Lipinski definition) is 4. The van der Waals surface area contributed by atoms with E-state index in [1.54, 1.807) is 36.4 Å². The van der Waals surface area contributed by atoms with Gasteiger partial charge >= 0.3 is 0 Å². The minimum atomic E-state index is -0.207. The second kappa shape index (κ2) is 5.92. The highest BCUT2D eigenvalue weighted by molar-refractivity contribution is 6.32. The van der Waals surface area contributed by atoms with Gasteiger partial charge < -0.3 is 9.47 Å². The minimum Gasteiger partial charge on any atom is -0.479 e. The standard InChI is InChI=1S/C17H10ClNO3/c18-14-4-2-1-3-11(14)9-16-17(20)13-6-5-12(21-8-7-19)10-15(13)22-16/h1-6,9-10H,8H2. The first-order valence-electron chi connectivity index (χ1n) is 6.51. The van der Waals surface area contributed by atoms with E-state index in [2.05, 4.69) is 0 Å². The Morgan fingerprint density at radius 3 is 2.86 bits per heavy atom. The zero-order chi connectivity index (χ0) is 15.5. The topological polar surface area (TPSA) is 59.3 Å². The maximum Gasteiger partial charge on any atom is 0.231 e. The van der Waals surface area contributed by atoms with E-state index in [-0.39, 0.29) is 18.1 Å². The van der Waals surface area contributed by atoms with E-state index in [0.717, 1.165) is 0 Å². The quantitative estimate of drug-likeness (QED) is 0.808. The summed E-state index contributed by atoms with van der Waals surface area (Å²) < 4.78 is 10.8. The van der Waals surface area contributed by atoms with Crippen LogP contribution >= 0.6 is 11.6 Å². The van der Waals surface area contributed by atoms with E-state index in [4.69, 9.17) is 26.3 Å². The van der Waals surface area contributed by atoms with Crippen molar-refractivity contribution in [3.8, 4) is 17.6 Å². The van der Waals surface area contributed by atoms with Crippen LogP contribution in [0.15, 0.2) is 48.2 Å². The van der Waals surface area contributed by atoms with Crippen molar-refractivity contribution >= 4 is 23.5 Å². The van der Waals surface area contributed by atoms with E-state index in [1.165, 1.54) is 0 Å². The lowest BCUT2D eigenvalue weighted by atomic mass is 10.1. The fourth-order valence-electron chi connectivity index (χ4n) is 2.11. The molecule has 0 radical (unpaired) electrons. The van der Waals surface area contributed by atoms with Crippen LogP contribution in [0.3, 0.4) is 0 Å². The Balaban J connectivity index is 1.91. The Kier molecular flexibility index (Phi) is 3.82. The smallest absolute Gasteiger partial charge is 0.231 e. The third kappa shape index (κ3) is 2.67. The summed E-state index contributed by atoms with van der Waals surface area (Å²) in [5, 5.41) is 9.06. The van der Waals surface area contributed by atoms with Gasteiger partial charge in [-0.3, -0.25) is 4.79 Å². The summed E-state index contributed by atoms with van der Waals surface area (Å²) in [7, 11) is 0. The summed E-state index contributed by atoms with van der Waals surface area (Å²) in [6.45, 7) is -0.0605. The molecule has 0 saturated heterocycles. The van der Waals surface area contributed by atoms with Gasteiger partial charge in [0, 0.05) is 11.1 Å². The van der Waals surface area contributed by atoms with E-state index < -0.39 is 0 Å². The van der Waals surface area contributed by atoms with Crippen LogP contribution in [-0.2, 0) is 0 Å². The first-order chi connectivity index (χ1) is 10.7. The number of nitrogens with zero attached hydrogens (tertiary/aromatic N) is 1. The molecule has 1 aliphatic heterocycles. The van der Waals surface area contributed by atoms with Gasteiger partial charge in [0.2, 0.25) is 5.78 Å². The fourth-order valence-corrected chi connectivity index (χ4v) is 2.30. The molecule has 0 aliphatic carbocycles. The van der Waals surface area contributed by atoms with Crippen molar-refractivity contribution in [2.45, 2.75) is 0 Å². The van der Waals surface area contributed by atoms with Gasteiger partial charge in [-0.15, -0.1) is 0 Å². The van der Waals surface area contributed by atoms with Crippen molar-refractivity contribution in [1.82, 2.24) is 0 Å². The third-order valence-electron chi connectivity index (χ3n) is 3.14. The van der Waals surface area contributed by atoms with Crippen LogP contribution in [0.5, 0.6) is 11.5 Å². The summed E-state index contributed by atoms with van der Waals surface area (Å²) >= 11 is 6.08. The highest BCUT2D eigenvalue weighted by atomic mass is 35.5. The number of carbonyl (C=O) groups is 1. The van der Waals surface area contributed by atoms with Gasteiger partial charge in [-0.25, -0.2) is 0 Å². The fraction of sp³-hybridized carbons (Fsp3) is 0.0588. The van der Waals surface area contributed by atoms with Crippen LogP contribution in [0, 0.1) is 11.3 Å². The first kappa shape index (κ1) is 14.2. The number of allylic oxidation sites excluding steroid dienone is 1. The van der Waals surface area contributed by atoms with E-state index in [0.29, 0.717) is 27.6 Å². The Bertz CT molecular complexity index is 821. The second-order valence-corrected chi connectivity index (χ2v) is 4.97.